The lowest BCUT2D eigenvalue weighted by atomic mass is 10.1. The third kappa shape index (κ3) is 5.89. The zero-order valence-corrected chi connectivity index (χ0v) is 9.86. The van der Waals surface area contributed by atoms with Gasteiger partial charge in [-0.1, -0.05) is 6.92 Å². The summed E-state index contributed by atoms with van der Waals surface area (Å²) in [5, 5.41) is 13.1. The third-order valence-electron chi connectivity index (χ3n) is 2.83. The molecule has 6 nitrogen and oxygen atoms in total. The van der Waals surface area contributed by atoms with E-state index < -0.39 is 17.9 Å². The topological polar surface area (TPSA) is 95.5 Å². The normalized spacial score (nSPS) is 16.1. The number of hydrogen-bond donors (Lipinski definition) is 3. The summed E-state index contributed by atoms with van der Waals surface area (Å²) in [5.41, 5.74) is 0. The molecule has 0 aromatic heterocycles. The number of rotatable bonds is 6. The van der Waals surface area contributed by atoms with E-state index in [1.165, 1.54) is 12.8 Å². The van der Waals surface area contributed by atoms with Gasteiger partial charge in [-0.15, -0.1) is 0 Å². The van der Waals surface area contributed by atoms with Gasteiger partial charge in [0, 0.05) is 13.0 Å². The van der Waals surface area contributed by atoms with Gasteiger partial charge in [-0.25, -0.2) is 4.79 Å². The Morgan fingerprint density at radius 3 is 2.47 bits per heavy atom. The number of carbonyl (C=O) groups is 3. The average molecular weight is 242 g/mol. The van der Waals surface area contributed by atoms with E-state index >= 15 is 0 Å². The summed E-state index contributed by atoms with van der Waals surface area (Å²) in [6.45, 7) is 2.60. The van der Waals surface area contributed by atoms with Gasteiger partial charge in [0.2, 0.25) is 5.91 Å². The van der Waals surface area contributed by atoms with Crippen LogP contribution < -0.4 is 10.6 Å². The first-order valence-corrected chi connectivity index (χ1v) is 5.78. The van der Waals surface area contributed by atoms with E-state index in [1.54, 1.807) is 0 Å². The van der Waals surface area contributed by atoms with E-state index in [1.807, 2.05) is 0 Å². The minimum atomic E-state index is -1.05. The number of carboxylic acids is 1. The maximum absolute atomic E-state index is 11.3. The maximum Gasteiger partial charge on any atom is 0.321 e. The smallest absolute Gasteiger partial charge is 0.321 e. The zero-order valence-electron chi connectivity index (χ0n) is 9.86. The first kappa shape index (κ1) is 13.5. The fourth-order valence-corrected chi connectivity index (χ4v) is 1.54. The van der Waals surface area contributed by atoms with Gasteiger partial charge in [0.1, 0.15) is 0 Å². The van der Waals surface area contributed by atoms with Gasteiger partial charge in [-0.2, -0.15) is 0 Å². The standard InChI is InChI=1S/C11H18N2O4/c1-7(8-2-3-8)6-12-11(17)13-9(14)4-5-10(15)16/h7-8H,2-6H2,1H3,(H,15,16)(H2,12,13,14,17). The summed E-state index contributed by atoms with van der Waals surface area (Å²) in [7, 11) is 0. The number of aliphatic carboxylic acids is 1. The Labute approximate surface area is 99.8 Å². The molecular formula is C11H18N2O4. The number of amides is 3. The first-order valence-electron chi connectivity index (χ1n) is 5.78. The van der Waals surface area contributed by atoms with Crippen molar-refractivity contribution in [3.05, 3.63) is 0 Å². The van der Waals surface area contributed by atoms with Crippen molar-refractivity contribution in [3.8, 4) is 0 Å². The molecule has 0 bridgehead atoms. The molecule has 1 rings (SSSR count). The van der Waals surface area contributed by atoms with Crippen LogP contribution in [0.25, 0.3) is 0 Å². The zero-order chi connectivity index (χ0) is 12.8. The van der Waals surface area contributed by atoms with Gasteiger partial charge in [-0.05, 0) is 24.7 Å². The van der Waals surface area contributed by atoms with Gasteiger partial charge in [0.25, 0.3) is 0 Å². The van der Waals surface area contributed by atoms with E-state index in [4.69, 9.17) is 5.11 Å². The molecule has 6 heteroatoms. The summed E-state index contributed by atoms with van der Waals surface area (Å²) in [6, 6.07) is -0.548. The molecule has 1 aliphatic rings. The molecule has 17 heavy (non-hydrogen) atoms. The summed E-state index contributed by atoms with van der Waals surface area (Å²) in [6.07, 6.45) is 1.97. The molecule has 3 amide bonds. The minimum absolute atomic E-state index is 0.180. The van der Waals surface area contributed by atoms with E-state index in [0.29, 0.717) is 18.4 Å². The Morgan fingerprint density at radius 1 is 1.29 bits per heavy atom. The Hall–Kier alpha value is -1.59. The number of urea groups is 1. The largest absolute Gasteiger partial charge is 0.481 e. The van der Waals surface area contributed by atoms with Crippen LogP contribution in [0.2, 0.25) is 0 Å². The molecule has 1 atom stereocenters. The second-order valence-electron chi connectivity index (χ2n) is 4.47. The van der Waals surface area contributed by atoms with Crippen molar-refractivity contribution in [2.45, 2.75) is 32.6 Å². The van der Waals surface area contributed by atoms with Crippen LogP contribution in [-0.2, 0) is 9.59 Å². The lowest BCUT2D eigenvalue weighted by Crippen LogP contribution is -2.41. The van der Waals surface area contributed by atoms with Crippen LogP contribution in [0.1, 0.15) is 32.6 Å². The quantitative estimate of drug-likeness (QED) is 0.639. The number of imide groups is 1. The predicted octanol–water partition coefficient (Wildman–Crippen LogP) is 0.723. The van der Waals surface area contributed by atoms with Crippen LogP contribution in [0.15, 0.2) is 0 Å². The molecule has 0 saturated heterocycles. The second-order valence-corrected chi connectivity index (χ2v) is 4.47. The lowest BCUT2D eigenvalue weighted by molar-refractivity contribution is -0.138. The molecule has 96 valence electrons. The van der Waals surface area contributed by atoms with Crippen molar-refractivity contribution in [2.24, 2.45) is 11.8 Å². The van der Waals surface area contributed by atoms with Crippen LogP contribution in [0.5, 0.6) is 0 Å². The molecule has 1 unspecified atom stereocenters. The average Bonchev–Trinajstić information content (AvgIpc) is 3.06. The van der Waals surface area contributed by atoms with Gasteiger partial charge >= 0.3 is 12.0 Å². The molecule has 0 radical (unpaired) electrons. The molecule has 0 heterocycles. The van der Waals surface area contributed by atoms with E-state index in [2.05, 4.69) is 17.6 Å². The number of carbonyl (C=O) groups excluding carboxylic acids is 2. The van der Waals surface area contributed by atoms with E-state index in [-0.39, 0.29) is 12.8 Å². The predicted molar refractivity (Wildman–Crippen MR) is 60.3 cm³/mol. The van der Waals surface area contributed by atoms with Crippen molar-refractivity contribution >= 4 is 17.9 Å². The van der Waals surface area contributed by atoms with Gasteiger partial charge in [-0.3, -0.25) is 14.9 Å². The molecule has 1 saturated carbocycles. The van der Waals surface area contributed by atoms with Crippen LogP contribution >= 0.6 is 0 Å². The van der Waals surface area contributed by atoms with Crippen LogP contribution in [-0.4, -0.2) is 29.6 Å². The molecule has 0 aromatic carbocycles. The van der Waals surface area contributed by atoms with E-state index in [0.717, 1.165) is 0 Å². The first-order chi connectivity index (χ1) is 7.99. The maximum atomic E-state index is 11.3. The van der Waals surface area contributed by atoms with Crippen molar-refractivity contribution in [2.75, 3.05) is 6.54 Å². The van der Waals surface area contributed by atoms with E-state index in [9.17, 15) is 14.4 Å². The van der Waals surface area contributed by atoms with Crippen molar-refractivity contribution in [1.29, 1.82) is 0 Å². The highest BCUT2D eigenvalue weighted by Gasteiger charge is 2.27. The Bertz CT molecular complexity index is 313. The van der Waals surface area contributed by atoms with Crippen LogP contribution in [0, 0.1) is 11.8 Å². The third-order valence-corrected chi connectivity index (χ3v) is 2.83. The molecule has 0 aromatic rings. The van der Waals surface area contributed by atoms with Gasteiger partial charge in [0.15, 0.2) is 0 Å². The summed E-state index contributed by atoms with van der Waals surface area (Å²) < 4.78 is 0. The van der Waals surface area contributed by atoms with Crippen LogP contribution in [0.3, 0.4) is 0 Å². The highest BCUT2D eigenvalue weighted by Crippen LogP contribution is 2.35. The fraction of sp³-hybridized carbons (Fsp3) is 0.727. The monoisotopic (exact) mass is 242 g/mol. The summed E-state index contributed by atoms with van der Waals surface area (Å²) in [5.74, 6) is -0.500. The SMILES string of the molecule is CC(CNC(=O)NC(=O)CCC(=O)O)C1CC1. The molecule has 0 aliphatic heterocycles. The highest BCUT2D eigenvalue weighted by molar-refractivity contribution is 5.95. The number of hydrogen-bond acceptors (Lipinski definition) is 3. The lowest BCUT2D eigenvalue weighted by Gasteiger charge is -2.11. The van der Waals surface area contributed by atoms with Crippen molar-refractivity contribution in [1.82, 2.24) is 10.6 Å². The van der Waals surface area contributed by atoms with Crippen LogP contribution in [0.4, 0.5) is 4.79 Å². The molecule has 3 N–H and O–H groups in total. The molecule has 0 spiro atoms. The van der Waals surface area contributed by atoms with Gasteiger partial charge in [0.05, 0.1) is 6.42 Å². The highest BCUT2D eigenvalue weighted by atomic mass is 16.4. The Kier molecular flexibility index (Phi) is 4.93. The summed E-state index contributed by atoms with van der Waals surface area (Å²) in [4.78, 5) is 32.6. The fourth-order valence-electron chi connectivity index (χ4n) is 1.54. The Balaban J connectivity index is 2.10. The minimum Gasteiger partial charge on any atom is -0.481 e. The number of carboxylic acid groups (broad SMARTS) is 1. The second kappa shape index (κ2) is 6.22. The molecule has 1 aliphatic carbocycles. The molecular weight excluding hydrogens is 224 g/mol. The van der Waals surface area contributed by atoms with Crippen molar-refractivity contribution in [3.63, 3.8) is 0 Å². The van der Waals surface area contributed by atoms with Crippen molar-refractivity contribution < 1.29 is 19.5 Å². The number of nitrogens with one attached hydrogen (secondary N) is 2. The molecule has 1 fully saturated rings. The Morgan fingerprint density at radius 2 is 1.94 bits per heavy atom. The summed E-state index contributed by atoms with van der Waals surface area (Å²) >= 11 is 0. The van der Waals surface area contributed by atoms with Gasteiger partial charge < -0.3 is 10.4 Å².